The standard InChI is InChI=1S/C22H18O5/c1-14-2-9-20(21(25)10-14)22(26)27-19-7-5-15(6-8-19)3-4-16-11-17(23)13-18(24)12-16/h2-13,23-25H,1H3/b4-3+. The molecule has 0 saturated carbocycles. The Labute approximate surface area is 156 Å². The van der Waals surface area contributed by atoms with Crippen LogP contribution in [0.1, 0.15) is 27.0 Å². The van der Waals surface area contributed by atoms with Gasteiger partial charge in [-0.3, -0.25) is 0 Å². The molecule has 0 saturated heterocycles. The van der Waals surface area contributed by atoms with E-state index in [2.05, 4.69) is 0 Å². The van der Waals surface area contributed by atoms with Crippen LogP contribution < -0.4 is 4.74 Å². The summed E-state index contributed by atoms with van der Waals surface area (Å²) < 4.78 is 5.28. The van der Waals surface area contributed by atoms with Gasteiger partial charge in [0, 0.05) is 6.07 Å². The van der Waals surface area contributed by atoms with E-state index in [1.165, 1.54) is 30.3 Å². The molecule has 0 atom stereocenters. The van der Waals surface area contributed by atoms with Gasteiger partial charge in [-0.15, -0.1) is 0 Å². The van der Waals surface area contributed by atoms with Crippen LogP contribution in [0.5, 0.6) is 23.0 Å². The Hall–Kier alpha value is -3.73. The number of carbonyl (C=O) groups excluding carboxylic acids is 1. The van der Waals surface area contributed by atoms with E-state index in [1.54, 1.807) is 42.5 Å². The molecule has 5 heteroatoms. The van der Waals surface area contributed by atoms with Gasteiger partial charge in [0.05, 0.1) is 0 Å². The average molecular weight is 362 g/mol. The molecule has 136 valence electrons. The third-order valence-corrected chi connectivity index (χ3v) is 3.86. The second-order valence-corrected chi connectivity index (χ2v) is 6.10. The van der Waals surface area contributed by atoms with E-state index in [9.17, 15) is 20.1 Å². The lowest BCUT2D eigenvalue weighted by Crippen LogP contribution is -2.08. The number of ether oxygens (including phenoxy) is 1. The normalized spacial score (nSPS) is 10.9. The van der Waals surface area contributed by atoms with Crippen molar-refractivity contribution in [1.82, 2.24) is 0 Å². The summed E-state index contributed by atoms with van der Waals surface area (Å²) in [5.41, 5.74) is 2.45. The number of aryl methyl sites for hydroxylation is 1. The second kappa shape index (κ2) is 7.66. The molecule has 0 aliphatic carbocycles. The summed E-state index contributed by atoms with van der Waals surface area (Å²) >= 11 is 0. The highest BCUT2D eigenvalue weighted by Gasteiger charge is 2.13. The van der Waals surface area contributed by atoms with E-state index in [-0.39, 0.29) is 22.8 Å². The van der Waals surface area contributed by atoms with E-state index >= 15 is 0 Å². The van der Waals surface area contributed by atoms with Crippen LogP contribution in [0.15, 0.2) is 60.7 Å². The third-order valence-electron chi connectivity index (χ3n) is 3.86. The van der Waals surface area contributed by atoms with Crippen molar-refractivity contribution < 1.29 is 24.9 Å². The molecule has 3 aromatic rings. The van der Waals surface area contributed by atoms with Gasteiger partial charge in [0.2, 0.25) is 0 Å². The molecule has 0 spiro atoms. The van der Waals surface area contributed by atoms with Gasteiger partial charge < -0.3 is 20.1 Å². The molecular weight excluding hydrogens is 344 g/mol. The Bertz CT molecular complexity index is 983. The molecule has 5 nitrogen and oxygen atoms in total. The summed E-state index contributed by atoms with van der Waals surface area (Å²) in [6.45, 7) is 1.82. The van der Waals surface area contributed by atoms with Crippen molar-refractivity contribution in [3.05, 3.63) is 82.9 Å². The Balaban J connectivity index is 1.69. The quantitative estimate of drug-likeness (QED) is 0.361. The minimum absolute atomic E-state index is 0.0173. The summed E-state index contributed by atoms with van der Waals surface area (Å²) in [6.07, 6.45) is 3.54. The number of hydrogen-bond acceptors (Lipinski definition) is 5. The van der Waals surface area contributed by atoms with Crippen LogP contribution >= 0.6 is 0 Å². The average Bonchev–Trinajstić information content (AvgIpc) is 2.60. The number of esters is 1. The van der Waals surface area contributed by atoms with E-state index in [0.29, 0.717) is 11.3 Å². The van der Waals surface area contributed by atoms with Crippen molar-refractivity contribution in [2.45, 2.75) is 6.92 Å². The number of hydrogen-bond donors (Lipinski definition) is 3. The van der Waals surface area contributed by atoms with Crippen LogP contribution in [0.2, 0.25) is 0 Å². The molecule has 0 aromatic heterocycles. The largest absolute Gasteiger partial charge is 0.508 e. The van der Waals surface area contributed by atoms with Crippen molar-refractivity contribution in [3.8, 4) is 23.0 Å². The highest BCUT2D eigenvalue weighted by atomic mass is 16.5. The van der Waals surface area contributed by atoms with Crippen LogP contribution in [0.25, 0.3) is 12.2 Å². The molecule has 0 heterocycles. The van der Waals surface area contributed by atoms with Crippen LogP contribution in [0.4, 0.5) is 0 Å². The van der Waals surface area contributed by atoms with Gasteiger partial charge in [-0.1, -0.05) is 30.4 Å². The first kappa shape index (κ1) is 18.1. The van der Waals surface area contributed by atoms with Crippen LogP contribution in [-0.2, 0) is 0 Å². The topological polar surface area (TPSA) is 87.0 Å². The van der Waals surface area contributed by atoms with Crippen molar-refractivity contribution in [3.63, 3.8) is 0 Å². The summed E-state index contributed by atoms with van der Waals surface area (Å²) in [4.78, 5) is 12.2. The predicted molar refractivity (Wildman–Crippen MR) is 103 cm³/mol. The first-order chi connectivity index (χ1) is 12.9. The van der Waals surface area contributed by atoms with Gasteiger partial charge in [0.1, 0.15) is 28.6 Å². The Morgan fingerprint density at radius 2 is 1.44 bits per heavy atom. The number of carbonyl (C=O) groups is 1. The number of aromatic hydroxyl groups is 3. The lowest BCUT2D eigenvalue weighted by atomic mass is 10.1. The molecule has 0 fully saturated rings. The van der Waals surface area contributed by atoms with Crippen LogP contribution in [0, 0.1) is 6.92 Å². The van der Waals surface area contributed by atoms with E-state index in [4.69, 9.17) is 4.74 Å². The fourth-order valence-corrected chi connectivity index (χ4v) is 2.53. The zero-order chi connectivity index (χ0) is 19.4. The smallest absolute Gasteiger partial charge is 0.347 e. The van der Waals surface area contributed by atoms with Gasteiger partial charge >= 0.3 is 5.97 Å². The van der Waals surface area contributed by atoms with Gasteiger partial charge in [-0.05, 0) is 60.0 Å². The van der Waals surface area contributed by atoms with E-state index in [0.717, 1.165) is 11.1 Å². The van der Waals surface area contributed by atoms with Crippen molar-refractivity contribution >= 4 is 18.1 Å². The van der Waals surface area contributed by atoms with Crippen LogP contribution in [-0.4, -0.2) is 21.3 Å². The minimum atomic E-state index is -0.633. The second-order valence-electron chi connectivity index (χ2n) is 6.10. The van der Waals surface area contributed by atoms with Gasteiger partial charge in [0.25, 0.3) is 0 Å². The fraction of sp³-hybridized carbons (Fsp3) is 0.0455. The fourth-order valence-electron chi connectivity index (χ4n) is 2.53. The van der Waals surface area contributed by atoms with Gasteiger partial charge in [-0.25, -0.2) is 4.79 Å². The maximum absolute atomic E-state index is 12.2. The lowest BCUT2D eigenvalue weighted by molar-refractivity contribution is 0.0731. The molecule has 0 bridgehead atoms. The highest BCUT2D eigenvalue weighted by molar-refractivity contribution is 5.94. The number of benzene rings is 3. The Kier molecular flexibility index (Phi) is 5.13. The predicted octanol–water partition coefficient (Wildman–Crippen LogP) is 4.50. The van der Waals surface area contributed by atoms with Crippen molar-refractivity contribution in [2.24, 2.45) is 0 Å². The van der Waals surface area contributed by atoms with Crippen LogP contribution in [0.3, 0.4) is 0 Å². The maximum atomic E-state index is 12.2. The molecule has 0 unspecified atom stereocenters. The van der Waals surface area contributed by atoms with Crippen molar-refractivity contribution in [1.29, 1.82) is 0 Å². The summed E-state index contributed by atoms with van der Waals surface area (Å²) in [6, 6.07) is 15.9. The van der Waals surface area contributed by atoms with E-state index < -0.39 is 5.97 Å². The summed E-state index contributed by atoms with van der Waals surface area (Å²) in [5, 5.41) is 28.8. The summed E-state index contributed by atoms with van der Waals surface area (Å²) in [5.74, 6) is -0.431. The number of rotatable bonds is 4. The molecule has 0 aliphatic heterocycles. The van der Waals surface area contributed by atoms with Gasteiger partial charge in [-0.2, -0.15) is 0 Å². The molecule has 27 heavy (non-hydrogen) atoms. The molecule has 3 rings (SSSR count). The first-order valence-electron chi connectivity index (χ1n) is 8.24. The van der Waals surface area contributed by atoms with Gasteiger partial charge in [0.15, 0.2) is 0 Å². The molecule has 0 aliphatic rings. The van der Waals surface area contributed by atoms with E-state index in [1.807, 2.05) is 6.92 Å². The molecule has 3 N–H and O–H groups in total. The lowest BCUT2D eigenvalue weighted by Gasteiger charge is -2.07. The zero-order valence-electron chi connectivity index (χ0n) is 14.6. The zero-order valence-corrected chi connectivity index (χ0v) is 14.6. The van der Waals surface area contributed by atoms with Crippen molar-refractivity contribution in [2.75, 3.05) is 0 Å². The maximum Gasteiger partial charge on any atom is 0.347 e. The number of phenols is 3. The highest BCUT2D eigenvalue weighted by Crippen LogP contribution is 2.23. The number of phenolic OH excluding ortho intramolecular Hbond substituents is 3. The summed E-state index contributed by atoms with van der Waals surface area (Å²) in [7, 11) is 0. The SMILES string of the molecule is Cc1ccc(C(=O)Oc2ccc(/C=C/c3cc(O)cc(O)c3)cc2)c(O)c1. The molecular formula is C22H18O5. The monoisotopic (exact) mass is 362 g/mol. The molecule has 3 aromatic carbocycles. The molecule has 0 amide bonds. The third kappa shape index (κ3) is 4.67. The first-order valence-corrected chi connectivity index (χ1v) is 8.24. The molecule has 0 radical (unpaired) electrons. The Morgan fingerprint density at radius 1 is 0.815 bits per heavy atom. The Morgan fingerprint density at radius 3 is 2.07 bits per heavy atom. The minimum Gasteiger partial charge on any atom is -0.508 e.